The molecule has 2 aromatic heterocycles. The van der Waals surface area contributed by atoms with Crippen LogP contribution in [0.2, 0.25) is 0 Å². The van der Waals surface area contributed by atoms with E-state index >= 15 is 0 Å². The van der Waals surface area contributed by atoms with E-state index in [1.54, 1.807) is 13.4 Å². The maximum absolute atomic E-state index is 10.9. The summed E-state index contributed by atoms with van der Waals surface area (Å²) in [6.07, 6.45) is 2.09. The molecule has 2 aromatic rings. The number of hydrogen-bond acceptors (Lipinski definition) is 8. The average molecular weight is 320 g/mol. The Morgan fingerprint density at radius 2 is 2.35 bits per heavy atom. The van der Waals surface area contributed by atoms with E-state index in [-0.39, 0.29) is 36.8 Å². The molecule has 9 nitrogen and oxygen atoms in total. The second-order valence-corrected chi connectivity index (χ2v) is 5.67. The Kier molecular flexibility index (Phi) is 4.03. The highest BCUT2D eigenvalue weighted by atomic mass is 16.6. The number of nitrogens with one attached hydrogen (secondary N) is 1. The summed E-state index contributed by atoms with van der Waals surface area (Å²) in [4.78, 5) is 23.7. The molecule has 0 amide bonds. The van der Waals surface area contributed by atoms with Crippen molar-refractivity contribution in [2.75, 3.05) is 24.7 Å². The molecule has 3 rings (SSSR count). The summed E-state index contributed by atoms with van der Waals surface area (Å²) in [6.45, 7) is 3.72. The highest BCUT2D eigenvalue weighted by molar-refractivity contribution is 5.84. The molecule has 3 N–H and O–H groups in total. The highest BCUT2D eigenvalue weighted by Gasteiger charge is 2.35. The van der Waals surface area contributed by atoms with Crippen LogP contribution in [0.1, 0.15) is 26.5 Å². The van der Waals surface area contributed by atoms with Crippen LogP contribution in [0.4, 0.5) is 11.8 Å². The van der Waals surface area contributed by atoms with Crippen LogP contribution < -0.4 is 11.1 Å². The van der Waals surface area contributed by atoms with Crippen LogP contribution in [0.5, 0.6) is 0 Å². The van der Waals surface area contributed by atoms with Gasteiger partial charge in [0.25, 0.3) is 0 Å². The number of rotatable bonds is 4. The standard InChI is InChI=1S/C14H20N6O3/c1-7-4-9(5-22-8(2)21)23-13(7)20-6-17-10-11(16-3)18-14(15)19-12(10)20/h6-7,9,13H,4-5H2,1-3H3,(H3,15,16,18,19)/t7-,9?,13+/m0/s1. The average Bonchev–Trinajstić information content (AvgIpc) is 3.07. The van der Waals surface area contributed by atoms with Gasteiger partial charge in [-0.15, -0.1) is 0 Å². The summed E-state index contributed by atoms with van der Waals surface area (Å²) in [7, 11) is 1.75. The minimum absolute atomic E-state index is 0.140. The first kappa shape index (κ1) is 15.5. The van der Waals surface area contributed by atoms with Gasteiger partial charge in [-0.25, -0.2) is 4.98 Å². The van der Waals surface area contributed by atoms with E-state index < -0.39 is 0 Å². The third-order valence-electron chi connectivity index (χ3n) is 3.88. The molecule has 0 aliphatic carbocycles. The van der Waals surface area contributed by atoms with Crippen LogP contribution in [-0.4, -0.2) is 45.2 Å². The second kappa shape index (κ2) is 5.99. The van der Waals surface area contributed by atoms with Crippen molar-refractivity contribution >= 4 is 28.9 Å². The molecule has 1 aliphatic rings. The molecule has 1 saturated heterocycles. The lowest BCUT2D eigenvalue weighted by molar-refractivity contribution is -0.145. The first-order valence-electron chi connectivity index (χ1n) is 7.46. The van der Waals surface area contributed by atoms with Crippen LogP contribution in [-0.2, 0) is 14.3 Å². The highest BCUT2D eigenvalue weighted by Crippen LogP contribution is 2.36. The largest absolute Gasteiger partial charge is 0.463 e. The first-order chi connectivity index (χ1) is 11.0. The number of carbonyl (C=O) groups is 1. The molecule has 1 aliphatic heterocycles. The van der Waals surface area contributed by atoms with E-state index in [0.29, 0.717) is 17.0 Å². The number of esters is 1. The number of nitrogen functional groups attached to an aromatic ring is 1. The van der Waals surface area contributed by atoms with Crippen molar-refractivity contribution in [3.8, 4) is 0 Å². The van der Waals surface area contributed by atoms with Crippen LogP contribution >= 0.6 is 0 Å². The Balaban J connectivity index is 1.88. The third-order valence-corrected chi connectivity index (χ3v) is 3.88. The van der Waals surface area contributed by atoms with Crippen molar-refractivity contribution < 1.29 is 14.3 Å². The molecule has 0 saturated carbocycles. The van der Waals surface area contributed by atoms with Crippen molar-refractivity contribution in [3.63, 3.8) is 0 Å². The number of nitrogens with zero attached hydrogens (tertiary/aromatic N) is 4. The van der Waals surface area contributed by atoms with E-state index in [1.165, 1.54) is 6.92 Å². The molecule has 0 aromatic carbocycles. The Hall–Kier alpha value is -2.42. The van der Waals surface area contributed by atoms with Crippen molar-refractivity contribution in [1.82, 2.24) is 19.5 Å². The topological polar surface area (TPSA) is 117 Å². The van der Waals surface area contributed by atoms with Gasteiger partial charge in [-0.3, -0.25) is 9.36 Å². The van der Waals surface area contributed by atoms with E-state index in [1.807, 2.05) is 4.57 Å². The summed E-state index contributed by atoms with van der Waals surface area (Å²) >= 11 is 0. The molecule has 0 radical (unpaired) electrons. The zero-order valence-corrected chi connectivity index (χ0v) is 13.3. The lowest BCUT2D eigenvalue weighted by Crippen LogP contribution is -2.18. The molecule has 3 atom stereocenters. The van der Waals surface area contributed by atoms with E-state index in [9.17, 15) is 4.79 Å². The van der Waals surface area contributed by atoms with Gasteiger partial charge in [0.05, 0.1) is 12.4 Å². The number of imidazole rings is 1. The fraction of sp³-hybridized carbons (Fsp3) is 0.571. The summed E-state index contributed by atoms with van der Waals surface area (Å²) in [6, 6.07) is 0. The molecule has 23 heavy (non-hydrogen) atoms. The van der Waals surface area contributed by atoms with Gasteiger partial charge < -0.3 is 20.5 Å². The summed E-state index contributed by atoms with van der Waals surface area (Å²) < 4.78 is 12.9. The van der Waals surface area contributed by atoms with Crippen molar-refractivity contribution in [3.05, 3.63) is 6.33 Å². The fourth-order valence-corrected chi connectivity index (χ4v) is 2.87. The SMILES string of the molecule is CNc1nc(N)nc2c1ncn2[C@@H]1OC(COC(C)=O)C[C@@H]1C. The molecule has 1 unspecified atom stereocenters. The van der Waals surface area contributed by atoms with Gasteiger partial charge in [0.2, 0.25) is 5.95 Å². The van der Waals surface area contributed by atoms with Gasteiger partial charge in [0, 0.05) is 19.9 Å². The van der Waals surface area contributed by atoms with Crippen molar-refractivity contribution in [1.29, 1.82) is 0 Å². The number of anilines is 2. The van der Waals surface area contributed by atoms with Gasteiger partial charge in [-0.2, -0.15) is 9.97 Å². The zero-order chi connectivity index (χ0) is 16.6. The van der Waals surface area contributed by atoms with Gasteiger partial charge in [0.1, 0.15) is 12.8 Å². The number of nitrogens with two attached hydrogens (primary N) is 1. The third kappa shape index (κ3) is 2.91. The number of aromatic nitrogens is 4. The molecular weight excluding hydrogens is 300 g/mol. The Bertz CT molecular complexity index is 731. The summed E-state index contributed by atoms with van der Waals surface area (Å²) in [5, 5.41) is 2.96. The van der Waals surface area contributed by atoms with Crippen LogP contribution in [0.3, 0.4) is 0 Å². The molecule has 1 fully saturated rings. The molecule has 124 valence electrons. The predicted molar refractivity (Wildman–Crippen MR) is 83.6 cm³/mol. The van der Waals surface area contributed by atoms with E-state index in [4.69, 9.17) is 15.2 Å². The lowest BCUT2D eigenvalue weighted by Gasteiger charge is -2.17. The number of ether oxygens (including phenoxy) is 2. The minimum atomic E-state index is -0.308. The minimum Gasteiger partial charge on any atom is -0.463 e. The molecule has 0 spiro atoms. The second-order valence-electron chi connectivity index (χ2n) is 5.67. The Labute approximate surface area is 133 Å². The Morgan fingerprint density at radius 1 is 1.57 bits per heavy atom. The number of carbonyl (C=O) groups excluding carboxylic acids is 1. The number of fused-ring (bicyclic) bond motifs is 1. The first-order valence-corrected chi connectivity index (χ1v) is 7.46. The van der Waals surface area contributed by atoms with Gasteiger partial charge >= 0.3 is 5.97 Å². The van der Waals surface area contributed by atoms with E-state index in [0.717, 1.165) is 6.42 Å². The maximum atomic E-state index is 10.9. The normalized spacial score (nSPS) is 24.0. The monoisotopic (exact) mass is 320 g/mol. The van der Waals surface area contributed by atoms with Crippen LogP contribution in [0.25, 0.3) is 11.2 Å². The van der Waals surface area contributed by atoms with E-state index in [2.05, 4.69) is 27.2 Å². The van der Waals surface area contributed by atoms with Gasteiger partial charge in [-0.05, 0) is 6.42 Å². The molecular formula is C14H20N6O3. The molecule has 9 heteroatoms. The molecule has 3 heterocycles. The summed E-state index contributed by atoms with van der Waals surface area (Å²) in [5.74, 6) is 0.665. The quantitative estimate of drug-likeness (QED) is 0.799. The van der Waals surface area contributed by atoms with Gasteiger partial charge in [-0.1, -0.05) is 6.92 Å². The lowest BCUT2D eigenvalue weighted by atomic mass is 10.1. The maximum Gasteiger partial charge on any atom is 0.302 e. The zero-order valence-electron chi connectivity index (χ0n) is 13.3. The van der Waals surface area contributed by atoms with Crippen molar-refractivity contribution in [2.24, 2.45) is 5.92 Å². The Morgan fingerprint density at radius 3 is 3.04 bits per heavy atom. The molecule has 0 bridgehead atoms. The number of hydrogen-bond donors (Lipinski definition) is 2. The van der Waals surface area contributed by atoms with Crippen LogP contribution in [0, 0.1) is 5.92 Å². The van der Waals surface area contributed by atoms with Crippen molar-refractivity contribution in [2.45, 2.75) is 32.6 Å². The van der Waals surface area contributed by atoms with Gasteiger partial charge in [0.15, 0.2) is 17.0 Å². The summed E-state index contributed by atoms with van der Waals surface area (Å²) in [5.41, 5.74) is 7.03. The smallest absolute Gasteiger partial charge is 0.302 e. The van der Waals surface area contributed by atoms with Crippen LogP contribution in [0.15, 0.2) is 6.33 Å². The fourth-order valence-electron chi connectivity index (χ4n) is 2.87. The predicted octanol–water partition coefficient (Wildman–Crippen LogP) is 0.937.